The van der Waals surface area contributed by atoms with Crippen LogP contribution < -0.4 is 0 Å². The van der Waals surface area contributed by atoms with E-state index in [1.807, 2.05) is 30.3 Å². The number of carbonyl (C=O) groups is 2. The number of hydrogen-bond acceptors (Lipinski definition) is 4. The lowest BCUT2D eigenvalue weighted by Crippen LogP contribution is -2.37. The SMILES string of the molecule is COC(=O)[C@@H]1CCCCN(C(=O)OCc2ccccc2)C1. The molecule has 5 nitrogen and oxygen atoms in total. The van der Waals surface area contributed by atoms with E-state index in [0.29, 0.717) is 13.1 Å². The Labute approximate surface area is 124 Å². The molecule has 1 aromatic carbocycles. The summed E-state index contributed by atoms with van der Waals surface area (Å²) in [5.41, 5.74) is 0.949. The Balaban J connectivity index is 1.89. The molecular weight excluding hydrogens is 270 g/mol. The van der Waals surface area contributed by atoms with Gasteiger partial charge in [0.25, 0.3) is 0 Å². The van der Waals surface area contributed by atoms with Crippen LogP contribution in [-0.4, -0.2) is 37.2 Å². The fourth-order valence-corrected chi connectivity index (χ4v) is 2.48. The van der Waals surface area contributed by atoms with E-state index >= 15 is 0 Å². The number of methoxy groups -OCH3 is 1. The minimum absolute atomic E-state index is 0.248. The third kappa shape index (κ3) is 4.48. The molecule has 5 heteroatoms. The van der Waals surface area contributed by atoms with Gasteiger partial charge in [0.2, 0.25) is 0 Å². The molecule has 0 spiro atoms. The number of ether oxygens (including phenoxy) is 2. The van der Waals surface area contributed by atoms with Crippen molar-refractivity contribution in [1.82, 2.24) is 4.90 Å². The van der Waals surface area contributed by atoms with Gasteiger partial charge in [0.05, 0.1) is 13.0 Å². The van der Waals surface area contributed by atoms with Crippen molar-refractivity contribution in [2.75, 3.05) is 20.2 Å². The van der Waals surface area contributed by atoms with E-state index in [4.69, 9.17) is 9.47 Å². The van der Waals surface area contributed by atoms with Gasteiger partial charge in [-0.1, -0.05) is 36.8 Å². The highest BCUT2D eigenvalue weighted by atomic mass is 16.6. The zero-order chi connectivity index (χ0) is 15.1. The van der Waals surface area contributed by atoms with Crippen LogP contribution >= 0.6 is 0 Å². The van der Waals surface area contributed by atoms with Crippen LogP contribution in [0, 0.1) is 5.92 Å². The fourth-order valence-electron chi connectivity index (χ4n) is 2.48. The summed E-state index contributed by atoms with van der Waals surface area (Å²) >= 11 is 0. The molecule has 2 rings (SSSR count). The van der Waals surface area contributed by atoms with E-state index < -0.39 is 0 Å². The molecule has 1 aliphatic heterocycles. The predicted octanol–water partition coefficient (Wildman–Crippen LogP) is 2.60. The first-order valence-corrected chi connectivity index (χ1v) is 7.24. The monoisotopic (exact) mass is 291 g/mol. The Bertz CT molecular complexity index is 474. The van der Waals surface area contributed by atoms with Crippen molar-refractivity contribution < 1.29 is 19.1 Å². The first-order valence-electron chi connectivity index (χ1n) is 7.24. The summed E-state index contributed by atoms with van der Waals surface area (Å²) in [5, 5.41) is 0. The van der Waals surface area contributed by atoms with E-state index in [1.54, 1.807) is 4.90 Å². The van der Waals surface area contributed by atoms with Crippen LogP contribution in [0.25, 0.3) is 0 Å². The molecule has 1 aromatic rings. The van der Waals surface area contributed by atoms with Gasteiger partial charge in [-0.05, 0) is 18.4 Å². The molecule has 0 saturated carbocycles. The number of likely N-dealkylation sites (tertiary alicyclic amines) is 1. The lowest BCUT2D eigenvalue weighted by atomic mass is 10.0. The van der Waals surface area contributed by atoms with Crippen molar-refractivity contribution in [3.8, 4) is 0 Å². The third-order valence-corrected chi connectivity index (χ3v) is 3.67. The number of amides is 1. The van der Waals surface area contributed by atoms with Crippen LogP contribution in [0.15, 0.2) is 30.3 Å². The molecule has 0 bridgehead atoms. The maximum absolute atomic E-state index is 12.1. The van der Waals surface area contributed by atoms with E-state index in [1.165, 1.54) is 7.11 Å². The summed E-state index contributed by atoms with van der Waals surface area (Å²) in [5.74, 6) is -0.500. The van der Waals surface area contributed by atoms with Gasteiger partial charge in [-0.25, -0.2) is 4.79 Å². The highest BCUT2D eigenvalue weighted by molar-refractivity contribution is 5.74. The van der Waals surface area contributed by atoms with Gasteiger partial charge in [0.1, 0.15) is 6.61 Å². The molecule has 0 aromatic heterocycles. The second-order valence-electron chi connectivity index (χ2n) is 5.20. The maximum atomic E-state index is 12.1. The Kier molecular flexibility index (Phi) is 5.60. The average Bonchev–Trinajstić information content (AvgIpc) is 2.79. The molecule has 21 heavy (non-hydrogen) atoms. The summed E-state index contributed by atoms with van der Waals surface area (Å²) in [7, 11) is 1.38. The first kappa shape index (κ1) is 15.4. The Morgan fingerprint density at radius 2 is 2.00 bits per heavy atom. The second-order valence-corrected chi connectivity index (χ2v) is 5.20. The lowest BCUT2D eigenvalue weighted by Gasteiger charge is -2.22. The van der Waals surface area contributed by atoms with Crippen molar-refractivity contribution in [3.63, 3.8) is 0 Å². The summed E-state index contributed by atoms with van der Waals surface area (Å²) in [6.45, 7) is 1.25. The molecule has 1 saturated heterocycles. The van der Waals surface area contributed by atoms with Crippen molar-refractivity contribution in [3.05, 3.63) is 35.9 Å². The van der Waals surface area contributed by atoms with Crippen LogP contribution in [0.3, 0.4) is 0 Å². The van der Waals surface area contributed by atoms with Crippen molar-refractivity contribution in [2.24, 2.45) is 5.92 Å². The number of rotatable bonds is 3. The molecular formula is C16H21NO4. The molecule has 1 amide bonds. The number of benzene rings is 1. The summed E-state index contributed by atoms with van der Waals surface area (Å²) in [4.78, 5) is 25.4. The topological polar surface area (TPSA) is 55.8 Å². The predicted molar refractivity (Wildman–Crippen MR) is 77.6 cm³/mol. The summed E-state index contributed by atoms with van der Waals surface area (Å²) in [6.07, 6.45) is 2.19. The largest absolute Gasteiger partial charge is 0.469 e. The van der Waals surface area contributed by atoms with E-state index in [0.717, 1.165) is 24.8 Å². The van der Waals surface area contributed by atoms with E-state index in [9.17, 15) is 9.59 Å². The number of hydrogen-bond donors (Lipinski definition) is 0. The Morgan fingerprint density at radius 1 is 1.24 bits per heavy atom. The molecule has 1 fully saturated rings. The summed E-state index contributed by atoms with van der Waals surface area (Å²) < 4.78 is 10.1. The molecule has 1 heterocycles. The van der Waals surface area contributed by atoms with Gasteiger partial charge in [-0.3, -0.25) is 4.79 Å². The molecule has 1 aliphatic rings. The normalized spacial score (nSPS) is 18.7. The first-order chi connectivity index (χ1) is 10.2. The molecule has 1 atom stereocenters. The van der Waals surface area contributed by atoms with Crippen LogP contribution in [0.1, 0.15) is 24.8 Å². The van der Waals surface area contributed by atoms with Gasteiger partial charge in [0.15, 0.2) is 0 Å². The average molecular weight is 291 g/mol. The van der Waals surface area contributed by atoms with Crippen molar-refractivity contribution >= 4 is 12.1 Å². The van der Waals surface area contributed by atoms with E-state index in [-0.39, 0.29) is 24.6 Å². The lowest BCUT2D eigenvalue weighted by molar-refractivity contribution is -0.145. The second kappa shape index (κ2) is 7.67. The van der Waals surface area contributed by atoms with Crippen molar-refractivity contribution in [1.29, 1.82) is 0 Å². The zero-order valence-electron chi connectivity index (χ0n) is 12.3. The quantitative estimate of drug-likeness (QED) is 0.803. The minimum Gasteiger partial charge on any atom is -0.469 e. The molecule has 0 aliphatic carbocycles. The zero-order valence-corrected chi connectivity index (χ0v) is 12.3. The fraction of sp³-hybridized carbons (Fsp3) is 0.500. The van der Waals surface area contributed by atoms with Gasteiger partial charge >= 0.3 is 12.1 Å². The highest BCUT2D eigenvalue weighted by Gasteiger charge is 2.28. The number of carbonyl (C=O) groups excluding carboxylic acids is 2. The maximum Gasteiger partial charge on any atom is 0.410 e. The van der Waals surface area contributed by atoms with Gasteiger partial charge < -0.3 is 14.4 Å². The minimum atomic E-state index is -0.366. The van der Waals surface area contributed by atoms with Gasteiger partial charge in [-0.2, -0.15) is 0 Å². The standard InChI is InChI=1S/C16H21NO4/c1-20-15(18)14-9-5-6-10-17(11-14)16(19)21-12-13-7-3-2-4-8-13/h2-4,7-8,14H,5-6,9-12H2,1H3/t14-/m1/s1. The highest BCUT2D eigenvalue weighted by Crippen LogP contribution is 2.18. The van der Waals surface area contributed by atoms with Crippen LogP contribution in [0.5, 0.6) is 0 Å². The van der Waals surface area contributed by atoms with Gasteiger partial charge in [-0.15, -0.1) is 0 Å². The van der Waals surface area contributed by atoms with Crippen molar-refractivity contribution in [2.45, 2.75) is 25.9 Å². The van der Waals surface area contributed by atoms with Crippen LogP contribution in [-0.2, 0) is 20.9 Å². The van der Waals surface area contributed by atoms with Crippen LogP contribution in [0.2, 0.25) is 0 Å². The Hall–Kier alpha value is -2.04. The number of nitrogens with zero attached hydrogens (tertiary/aromatic N) is 1. The molecule has 0 radical (unpaired) electrons. The summed E-state index contributed by atoms with van der Waals surface area (Å²) in [6, 6.07) is 9.55. The molecule has 0 N–H and O–H groups in total. The molecule has 0 unspecified atom stereocenters. The third-order valence-electron chi connectivity index (χ3n) is 3.67. The number of esters is 1. The van der Waals surface area contributed by atoms with E-state index in [2.05, 4.69) is 0 Å². The smallest absolute Gasteiger partial charge is 0.410 e. The Morgan fingerprint density at radius 3 is 2.71 bits per heavy atom. The molecule has 114 valence electrons. The van der Waals surface area contributed by atoms with Gasteiger partial charge in [0, 0.05) is 13.1 Å². The van der Waals surface area contributed by atoms with Crippen LogP contribution in [0.4, 0.5) is 4.79 Å².